The maximum absolute atomic E-state index is 8.91. The molecule has 1 aliphatic heterocycles. The highest BCUT2D eigenvalue weighted by atomic mass is 32.1. The summed E-state index contributed by atoms with van der Waals surface area (Å²) in [5.41, 5.74) is 2.04. The molecule has 1 aromatic carbocycles. The maximum Gasteiger partial charge on any atom is 0.183 e. The highest BCUT2D eigenvalue weighted by Gasteiger charge is 2.21. The van der Waals surface area contributed by atoms with Crippen LogP contribution in [0.25, 0.3) is 15.9 Å². The van der Waals surface area contributed by atoms with Crippen LogP contribution in [-0.2, 0) is 0 Å². The fraction of sp³-hybridized carbons (Fsp3) is 0.312. The lowest BCUT2D eigenvalue weighted by Gasteiger charge is -2.09. The second-order valence-electron chi connectivity index (χ2n) is 5.70. The standard InChI is InChI=1S/C16H16N6S/c17-11-21-7-4-12(10-21)9-18-16-20-14-3-2-13(8-15(14)23-16)22-6-1-5-19-22/h1-3,5-6,8,12H,4,7,9-10H2,(H,18,20). The summed E-state index contributed by atoms with van der Waals surface area (Å²) >= 11 is 1.66. The topological polar surface area (TPSA) is 69.8 Å². The summed E-state index contributed by atoms with van der Waals surface area (Å²) in [7, 11) is 0. The third kappa shape index (κ3) is 2.85. The highest BCUT2D eigenvalue weighted by molar-refractivity contribution is 7.22. The summed E-state index contributed by atoms with van der Waals surface area (Å²) in [6.45, 7) is 2.58. The molecule has 0 saturated carbocycles. The van der Waals surface area contributed by atoms with Crippen LogP contribution < -0.4 is 5.32 Å². The summed E-state index contributed by atoms with van der Waals surface area (Å²) < 4.78 is 2.99. The van der Waals surface area contributed by atoms with Crippen LogP contribution in [0.1, 0.15) is 6.42 Å². The van der Waals surface area contributed by atoms with Crippen molar-refractivity contribution in [3.8, 4) is 11.9 Å². The summed E-state index contributed by atoms with van der Waals surface area (Å²) in [5, 5.41) is 17.5. The van der Waals surface area contributed by atoms with E-state index in [0.717, 1.165) is 47.1 Å². The lowest BCUT2D eigenvalue weighted by atomic mass is 10.1. The van der Waals surface area contributed by atoms with Crippen LogP contribution in [-0.4, -0.2) is 39.3 Å². The minimum absolute atomic E-state index is 0.515. The second-order valence-corrected chi connectivity index (χ2v) is 6.73. The largest absolute Gasteiger partial charge is 0.361 e. The number of benzene rings is 1. The van der Waals surface area contributed by atoms with Crippen LogP contribution in [0, 0.1) is 17.4 Å². The smallest absolute Gasteiger partial charge is 0.183 e. The number of thiazole rings is 1. The molecule has 1 aliphatic rings. The molecule has 2 aromatic heterocycles. The zero-order valence-corrected chi connectivity index (χ0v) is 13.3. The number of nitrogens with one attached hydrogen (secondary N) is 1. The number of nitriles is 1. The molecule has 1 atom stereocenters. The van der Waals surface area contributed by atoms with E-state index in [1.165, 1.54) is 0 Å². The number of fused-ring (bicyclic) bond motifs is 1. The Kier molecular flexibility index (Phi) is 3.60. The van der Waals surface area contributed by atoms with Gasteiger partial charge in [0.15, 0.2) is 11.3 Å². The molecule has 0 amide bonds. The first-order chi connectivity index (χ1) is 11.3. The van der Waals surface area contributed by atoms with Crippen LogP contribution >= 0.6 is 11.3 Å². The first-order valence-corrected chi connectivity index (χ1v) is 8.42. The second kappa shape index (κ2) is 5.89. The van der Waals surface area contributed by atoms with Gasteiger partial charge in [0.05, 0.1) is 15.9 Å². The van der Waals surface area contributed by atoms with Crippen molar-refractivity contribution in [1.82, 2.24) is 19.7 Å². The average molecular weight is 324 g/mol. The van der Waals surface area contributed by atoms with E-state index in [2.05, 4.69) is 27.7 Å². The van der Waals surface area contributed by atoms with Crippen LogP contribution in [0.3, 0.4) is 0 Å². The molecule has 1 fully saturated rings. The molecule has 4 rings (SSSR count). The van der Waals surface area contributed by atoms with Crippen molar-refractivity contribution in [3.63, 3.8) is 0 Å². The Morgan fingerprint density at radius 1 is 1.43 bits per heavy atom. The van der Waals surface area contributed by atoms with Crippen LogP contribution in [0.5, 0.6) is 0 Å². The zero-order chi connectivity index (χ0) is 15.6. The van der Waals surface area contributed by atoms with Gasteiger partial charge in [-0.25, -0.2) is 9.67 Å². The minimum atomic E-state index is 0.515. The van der Waals surface area contributed by atoms with Crippen LogP contribution in [0.4, 0.5) is 5.13 Å². The van der Waals surface area contributed by atoms with Gasteiger partial charge in [-0.15, -0.1) is 0 Å². The molecule has 7 heteroatoms. The van der Waals surface area contributed by atoms with E-state index in [4.69, 9.17) is 5.26 Å². The van der Waals surface area contributed by atoms with Crippen LogP contribution in [0.2, 0.25) is 0 Å². The molecule has 6 nitrogen and oxygen atoms in total. The van der Waals surface area contributed by atoms with Crippen LogP contribution in [0.15, 0.2) is 36.7 Å². The van der Waals surface area contributed by atoms with Gasteiger partial charge in [-0.3, -0.25) is 0 Å². The summed E-state index contributed by atoms with van der Waals surface area (Å²) in [6.07, 6.45) is 6.99. The van der Waals surface area contributed by atoms with Crippen molar-refractivity contribution in [2.45, 2.75) is 6.42 Å². The lowest BCUT2D eigenvalue weighted by Crippen LogP contribution is -2.18. The van der Waals surface area contributed by atoms with E-state index in [1.807, 2.05) is 34.0 Å². The normalized spacial score (nSPS) is 17.5. The van der Waals surface area contributed by atoms with Crippen molar-refractivity contribution in [2.75, 3.05) is 25.0 Å². The molecule has 1 N–H and O–H groups in total. The van der Waals surface area contributed by atoms with Crippen molar-refractivity contribution in [1.29, 1.82) is 5.26 Å². The summed E-state index contributed by atoms with van der Waals surface area (Å²) in [6, 6.07) is 8.08. The fourth-order valence-electron chi connectivity index (χ4n) is 2.87. The van der Waals surface area contributed by atoms with Gasteiger partial charge >= 0.3 is 0 Å². The number of anilines is 1. The van der Waals surface area contributed by atoms with Gasteiger partial charge in [0.1, 0.15) is 0 Å². The van der Waals surface area contributed by atoms with E-state index in [0.29, 0.717) is 5.92 Å². The van der Waals surface area contributed by atoms with E-state index in [1.54, 1.807) is 17.5 Å². The molecule has 0 aliphatic carbocycles. The Hall–Kier alpha value is -2.59. The maximum atomic E-state index is 8.91. The number of nitrogens with zero attached hydrogens (tertiary/aromatic N) is 5. The Balaban J connectivity index is 1.48. The van der Waals surface area contributed by atoms with Crippen molar-refractivity contribution in [3.05, 3.63) is 36.7 Å². The number of likely N-dealkylation sites (tertiary alicyclic amines) is 1. The molecule has 116 valence electrons. The summed E-state index contributed by atoms with van der Waals surface area (Å²) in [4.78, 5) is 6.45. The third-order valence-electron chi connectivity index (χ3n) is 4.11. The van der Waals surface area contributed by atoms with Gasteiger partial charge in [-0.2, -0.15) is 10.4 Å². The molecule has 23 heavy (non-hydrogen) atoms. The fourth-order valence-corrected chi connectivity index (χ4v) is 3.78. The monoisotopic (exact) mass is 324 g/mol. The zero-order valence-electron chi connectivity index (χ0n) is 12.5. The van der Waals surface area contributed by atoms with E-state index < -0.39 is 0 Å². The van der Waals surface area contributed by atoms with E-state index in [-0.39, 0.29) is 0 Å². The number of hydrogen-bond donors (Lipinski definition) is 1. The van der Waals surface area contributed by atoms with Gasteiger partial charge in [0.25, 0.3) is 0 Å². The molecule has 1 saturated heterocycles. The van der Waals surface area contributed by atoms with Gasteiger partial charge in [-0.1, -0.05) is 11.3 Å². The molecular weight excluding hydrogens is 308 g/mol. The Bertz CT molecular complexity index is 847. The summed E-state index contributed by atoms with van der Waals surface area (Å²) in [5.74, 6) is 0.515. The van der Waals surface area contributed by atoms with E-state index >= 15 is 0 Å². The number of rotatable bonds is 4. The molecular formula is C16H16N6S. The average Bonchev–Trinajstić information content (AvgIpc) is 3.30. The predicted octanol–water partition coefficient (Wildman–Crippen LogP) is 2.70. The quantitative estimate of drug-likeness (QED) is 0.747. The first kappa shape index (κ1) is 14.0. The predicted molar refractivity (Wildman–Crippen MR) is 90.5 cm³/mol. The lowest BCUT2D eigenvalue weighted by molar-refractivity contribution is 0.461. The van der Waals surface area contributed by atoms with Gasteiger partial charge in [-0.05, 0) is 36.6 Å². The van der Waals surface area contributed by atoms with E-state index in [9.17, 15) is 0 Å². The third-order valence-corrected chi connectivity index (χ3v) is 5.09. The molecule has 3 heterocycles. The minimum Gasteiger partial charge on any atom is -0.361 e. The molecule has 0 radical (unpaired) electrons. The number of aromatic nitrogens is 3. The Labute approximate surface area is 138 Å². The highest BCUT2D eigenvalue weighted by Crippen LogP contribution is 2.28. The molecule has 3 aromatic rings. The van der Waals surface area contributed by atoms with Gasteiger partial charge in [0, 0.05) is 32.0 Å². The van der Waals surface area contributed by atoms with Crippen molar-refractivity contribution >= 4 is 26.7 Å². The number of hydrogen-bond acceptors (Lipinski definition) is 6. The van der Waals surface area contributed by atoms with Gasteiger partial charge in [0.2, 0.25) is 0 Å². The molecule has 0 spiro atoms. The first-order valence-electron chi connectivity index (χ1n) is 7.61. The van der Waals surface area contributed by atoms with Crippen molar-refractivity contribution in [2.24, 2.45) is 5.92 Å². The Morgan fingerprint density at radius 3 is 3.17 bits per heavy atom. The Morgan fingerprint density at radius 2 is 2.39 bits per heavy atom. The van der Waals surface area contributed by atoms with Crippen molar-refractivity contribution < 1.29 is 0 Å². The molecule has 1 unspecified atom stereocenters. The SMILES string of the molecule is N#CN1CCC(CNc2nc3ccc(-n4cccn4)cc3s2)C1. The van der Waals surface area contributed by atoms with Gasteiger partial charge < -0.3 is 10.2 Å². The molecule has 0 bridgehead atoms.